The first-order valence-corrected chi connectivity index (χ1v) is 8.33. The molecule has 7 heteroatoms. The fourth-order valence-corrected chi connectivity index (χ4v) is 3.01. The summed E-state index contributed by atoms with van der Waals surface area (Å²) in [5, 5.41) is 1.52. The molecule has 96 valence electrons. The van der Waals surface area contributed by atoms with E-state index in [1.54, 1.807) is 18.0 Å². The van der Waals surface area contributed by atoms with Gasteiger partial charge in [0.1, 0.15) is 5.15 Å². The van der Waals surface area contributed by atoms with Gasteiger partial charge in [-0.05, 0) is 17.9 Å². The van der Waals surface area contributed by atoms with Crippen molar-refractivity contribution in [1.29, 1.82) is 0 Å². The zero-order chi connectivity index (χ0) is 13.0. The second kappa shape index (κ2) is 6.75. The summed E-state index contributed by atoms with van der Waals surface area (Å²) in [4.78, 5) is 10.7. The predicted molar refractivity (Wildman–Crippen MR) is 85.7 cm³/mol. The number of nitrogens with zero attached hydrogens (tertiary/aromatic N) is 3. The summed E-state index contributed by atoms with van der Waals surface area (Å²) >= 11 is 14.1. The van der Waals surface area contributed by atoms with Gasteiger partial charge in [0.2, 0.25) is 0 Å². The molecule has 0 amide bonds. The third-order valence-electron chi connectivity index (χ3n) is 2.39. The number of pyridine rings is 1. The van der Waals surface area contributed by atoms with E-state index < -0.39 is 0 Å². The monoisotopic (exact) mass is 317 g/mol. The average molecular weight is 318 g/mol. The summed E-state index contributed by atoms with van der Waals surface area (Å²) in [5.41, 5.74) is 1.13. The molecule has 0 radical (unpaired) electrons. The Labute approximate surface area is 125 Å². The Morgan fingerprint density at radius 1 is 1.67 bits per heavy atom. The van der Waals surface area contributed by atoms with Crippen LogP contribution in [0.2, 0.25) is 5.15 Å². The second-order valence-electron chi connectivity index (χ2n) is 3.62. The number of aromatic nitrogens is 1. The van der Waals surface area contributed by atoms with Gasteiger partial charge in [0.25, 0.3) is 0 Å². The largest absolute Gasteiger partial charge is 0.346 e. The van der Waals surface area contributed by atoms with Crippen LogP contribution in [-0.4, -0.2) is 37.9 Å². The molecule has 1 aliphatic rings. The summed E-state index contributed by atoms with van der Waals surface area (Å²) in [5.74, 6) is 1.05. The van der Waals surface area contributed by atoms with Crippen molar-refractivity contribution in [2.24, 2.45) is 4.99 Å². The van der Waals surface area contributed by atoms with Crippen LogP contribution in [0.1, 0.15) is 5.56 Å². The SMILES string of the molecule is CSC(=S)N=C1SCCN1Cc1ccc(Cl)nc1. The van der Waals surface area contributed by atoms with Crippen LogP contribution in [0.5, 0.6) is 0 Å². The Bertz CT molecular complexity index is 461. The van der Waals surface area contributed by atoms with E-state index >= 15 is 0 Å². The van der Waals surface area contributed by atoms with Crippen LogP contribution in [0.3, 0.4) is 0 Å². The molecule has 0 bridgehead atoms. The van der Waals surface area contributed by atoms with Gasteiger partial charge in [0.05, 0.1) is 0 Å². The predicted octanol–water partition coefficient (Wildman–Crippen LogP) is 3.29. The van der Waals surface area contributed by atoms with E-state index in [-0.39, 0.29) is 0 Å². The molecule has 0 aliphatic carbocycles. The minimum Gasteiger partial charge on any atom is -0.346 e. The molecule has 0 saturated carbocycles. The number of thioether (sulfide) groups is 2. The Kier molecular flexibility index (Phi) is 5.29. The van der Waals surface area contributed by atoms with Crippen LogP contribution in [0.4, 0.5) is 0 Å². The highest BCUT2D eigenvalue weighted by Crippen LogP contribution is 2.21. The Morgan fingerprint density at radius 3 is 3.17 bits per heavy atom. The first-order chi connectivity index (χ1) is 8.69. The van der Waals surface area contributed by atoms with Crippen LogP contribution in [-0.2, 0) is 6.54 Å². The first kappa shape index (κ1) is 14.1. The van der Waals surface area contributed by atoms with E-state index in [2.05, 4.69) is 14.9 Å². The molecule has 0 N–H and O–H groups in total. The number of aliphatic imine (C=N–C) groups is 1. The van der Waals surface area contributed by atoms with E-state index in [1.807, 2.05) is 18.4 Å². The molecule has 18 heavy (non-hydrogen) atoms. The zero-order valence-electron chi connectivity index (χ0n) is 9.80. The van der Waals surface area contributed by atoms with Crippen molar-refractivity contribution in [3.63, 3.8) is 0 Å². The van der Waals surface area contributed by atoms with Crippen LogP contribution in [0, 0.1) is 0 Å². The quantitative estimate of drug-likeness (QED) is 0.616. The highest BCUT2D eigenvalue weighted by molar-refractivity contribution is 8.22. The molecular weight excluding hydrogens is 306 g/mol. The fraction of sp³-hybridized carbons (Fsp3) is 0.364. The number of rotatable bonds is 2. The molecule has 1 saturated heterocycles. The van der Waals surface area contributed by atoms with E-state index in [0.29, 0.717) is 9.47 Å². The van der Waals surface area contributed by atoms with Crippen LogP contribution < -0.4 is 0 Å². The Hall–Kier alpha value is -0.300. The molecule has 0 spiro atoms. The normalized spacial score (nSPS) is 17.4. The van der Waals surface area contributed by atoms with Gasteiger partial charge in [0, 0.05) is 25.0 Å². The van der Waals surface area contributed by atoms with Crippen molar-refractivity contribution in [3.05, 3.63) is 29.0 Å². The minimum atomic E-state index is 0.520. The van der Waals surface area contributed by atoms with Gasteiger partial charge in [0.15, 0.2) is 9.49 Å². The molecule has 1 fully saturated rings. The lowest BCUT2D eigenvalue weighted by Crippen LogP contribution is -2.24. The summed E-state index contributed by atoms with van der Waals surface area (Å²) in [6, 6.07) is 3.80. The lowest BCUT2D eigenvalue weighted by molar-refractivity contribution is 0.457. The summed E-state index contributed by atoms with van der Waals surface area (Å²) in [7, 11) is 0. The number of hydrogen-bond acceptors (Lipinski definition) is 4. The molecule has 0 aromatic carbocycles. The van der Waals surface area contributed by atoms with Crippen LogP contribution >= 0.6 is 47.3 Å². The lowest BCUT2D eigenvalue weighted by Gasteiger charge is -2.17. The third kappa shape index (κ3) is 3.85. The summed E-state index contributed by atoms with van der Waals surface area (Å²) < 4.78 is 0.679. The standard InChI is InChI=1S/C11H12ClN3S3/c1-17-11(16)14-10-15(4-5-18-10)7-8-2-3-9(12)13-6-8/h2-3,6H,4-5,7H2,1H3. The summed E-state index contributed by atoms with van der Waals surface area (Å²) in [6.07, 6.45) is 3.75. The lowest BCUT2D eigenvalue weighted by atomic mass is 10.3. The van der Waals surface area contributed by atoms with Crippen molar-refractivity contribution in [3.8, 4) is 0 Å². The van der Waals surface area contributed by atoms with Gasteiger partial charge >= 0.3 is 0 Å². The highest BCUT2D eigenvalue weighted by Gasteiger charge is 2.20. The van der Waals surface area contributed by atoms with E-state index in [4.69, 9.17) is 23.8 Å². The molecule has 2 rings (SSSR count). The Morgan fingerprint density at radius 2 is 2.50 bits per heavy atom. The number of thiocarbonyl (C=S) groups is 1. The maximum Gasteiger partial charge on any atom is 0.166 e. The van der Waals surface area contributed by atoms with Crippen molar-refractivity contribution in [2.75, 3.05) is 18.6 Å². The first-order valence-electron chi connectivity index (χ1n) is 5.34. The molecule has 1 aromatic rings. The van der Waals surface area contributed by atoms with Gasteiger partial charge in [-0.15, -0.1) is 0 Å². The molecule has 1 aliphatic heterocycles. The van der Waals surface area contributed by atoms with Crippen molar-refractivity contribution in [2.45, 2.75) is 6.54 Å². The number of hydrogen-bond donors (Lipinski definition) is 0. The molecule has 1 aromatic heterocycles. The maximum atomic E-state index is 5.77. The van der Waals surface area contributed by atoms with Gasteiger partial charge in [-0.3, -0.25) is 0 Å². The van der Waals surface area contributed by atoms with Crippen molar-refractivity contribution < 1.29 is 0 Å². The van der Waals surface area contributed by atoms with Gasteiger partial charge < -0.3 is 4.90 Å². The topological polar surface area (TPSA) is 28.5 Å². The third-order valence-corrected chi connectivity index (χ3v) is 4.64. The van der Waals surface area contributed by atoms with Gasteiger partial charge in [-0.1, -0.05) is 53.4 Å². The molecule has 0 atom stereocenters. The molecule has 3 nitrogen and oxygen atoms in total. The van der Waals surface area contributed by atoms with Crippen LogP contribution in [0.25, 0.3) is 0 Å². The molecule has 0 unspecified atom stereocenters. The molecular formula is C11H12ClN3S3. The molecule has 2 heterocycles. The average Bonchev–Trinajstić information content (AvgIpc) is 2.79. The van der Waals surface area contributed by atoms with Crippen LogP contribution in [0.15, 0.2) is 23.3 Å². The van der Waals surface area contributed by atoms with Crippen molar-refractivity contribution in [1.82, 2.24) is 9.88 Å². The van der Waals surface area contributed by atoms with Gasteiger partial charge in [-0.25, -0.2) is 9.98 Å². The highest BCUT2D eigenvalue weighted by atomic mass is 35.5. The van der Waals surface area contributed by atoms with E-state index in [9.17, 15) is 0 Å². The number of halogens is 1. The van der Waals surface area contributed by atoms with Crippen molar-refractivity contribution >= 4 is 56.8 Å². The smallest absolute Gasteiger partial charge is 0.166 e. The minimum absolute atomic E-state index is 0.520. The van der Waals surface area contributed by atoms with E-state index in [1.165, 1.54) is 11.8 Å². The second-order valence-corrected chi connectivity index (χ2v) is 6.51. The summed E-state index contributed by atoms with van der Waals surface area (Å²) in [6.45, 7) is 1.79. The number of amidine groups is 1. The zero-order valence-corrected chi connectivity index (χ0v) is 13.0. The van der Waals surface area contributed by atoms with Gasteiger partial charge in [-0.2, -0.15) is 0 Å². The van der Waals surface area contributed by atoms with E-state index in [0.717, 1.165) is 29.6 Å². The maximum absolute atomic E-state index is 5.77. The fourth-order valence-electron chi connectivity index (χ4n) is 1.53. The Balaban J connectivity index is 2.06.